The number of hydrogen-bond acceptors (Lipinski definition) is 2. The maximum atomic E-state index is 12.4. The van der Waals surface area contributed by atoms with Crippen molar-refractivity contribution in [2.24, 2.45) is 17.3 Å². The van der Waals surface area contributed by atoms with Gasteiger partial charge in [0.1, 0.15) is 0 Å². The second-order valence-electron chi connectivity index (χ2n) is 7.14. The molecule has 0 aromatic heterocycles. The molecule has 1 fully saturated rings. The van der Waals surface area contributed by atoms with Crippen LogP contribution in [0.2, 0.25) is 0 Å². The summed E-state index contributed by atoms with van der Waals surface area (Å²) in [6, 6.07) is 0. The SMILES string of the molecule is CCC[C@@H](C)C/C(C)=C\C(C)(C)[C@@H]1CC(=O)N(CC)C1=O. The summed E-state index contributed by atoms with van der Waals surface area (Å²) >= 11 is 0. The summed E-state index contributed by atoms with van der Waals surface area (Å²) in [7, 11) is 0. The van der Waals surface area contributed by atoms with E-state index in [4.69, 9.17) is 0 Å². The maximum Gasteiger partial charge on any atom is 0.233 e. The fourth-order valence-electron chi connectivity index (χ4n) is 3.54. The van der Waals surface area contributed by atoms with E-state index < -0.39 is 0 Å². The summed E-state index contributed by atoms with van der Waals surface area (Å²) in [5, 5.41) is 0. The molecule has 1 saturated heterocycles. The van der Waals surface area contributed by atoms with E-state index in [0.717, 1.165) is 6.42 Å². The minimum atomic E-state index is -0.257. The molecular weight excluding hydrogens is 262 g/mol. The summed E-state index contributed by atoms with van der Waals surface area (Å²) in [5.41, 5.74) is 1.07. The van der Waals surface area contributed by atoms with Crippen LogP contribution < -0.4 is 0 Å². The molecule has 120 valence electrons. The lowest BCUT2D eigenvalue weighted by Crippen LogP contribution is -2.34. The van der Waals surface area contributed by atoms with Gasteiger partial charge in [0.25, 0.3) is 0 Å². The molecule has 3 nitrogen and oxygen atoms in total. The van der Waals surface area contributed by atoms with E-state index in [1.807, 2.05) is 6.92 Å². The molecule has 2 amide bonds. The summed E-state index contributed by atoms with van der Waals surface area (Å²) in [4.78, 5) is 25.7. The number of carbonyl (C=O) groups excluding carboxylic acids is 2. The minimum Gasteiger partial charge on any atom is -0.283 e. The molecule has 21 heavy (non-hydrogen) atoms. The van der Waals surface area contributed by atoms with Gasteiger partial charge in [0.15, 0.2) is 0 Å². The Morgan fingerprint density at radius 1 is 1.38 bits per heavy atom. The van der Waals surface area contributed by atoms with E-state index in [1.165, 1.54) is 23.3 Å². The number of amides is 2. The van der Waals surface area contributed by atoms with Gasteiger partial charge in [0.2, 0.25) is 11.8 Å². The zero-order valence-electron chi connectivity index (χ0n) is 14.5. The number of nitrogens with zero attached hydrogens (tertiary/aromatic N) is 1. The van der Waals surface area contributed by atoms with Crippen LogP contribution in [-0.2, 0) is 9.59 Å². The monoisotopic (exact) mass is 293 g/mol. The fourth-order valence-corrected chi connectivity index (χ4v) is 3.54. The Labute approximate surface area is 129 Å². The molecule has 0 spiro atoms. The fraction of sp³-hybridized carbons (Fsp3) is 0.778. The third-order valence-electron chi connectivity index (χ3n) is 4.53. The largest absolute Gasteiger partial charge is 0.283 e. The zero-order valence-corrected chi connectivity index (χ0v) is 14.5. The number of carbonyl (C=O) groups is 2. The van der Waals surface area contributed by atoms with Gasteiger partial charge in [-0.15, -0.1) is 0 Å². The second kappa shape index (κ2) is 7.24. The van der Waals surface area contributed by atoms with Crippen molar-refractivity contribution in [1.82, 2.24) is 4.90 Å². The van der Waals surface area contributed by atoms with Gasteiger partial charge in [-0.2, -0.15) is 0 Å². The predicted octanol–water partition coefficient (Wildman–Crippen LogP) is 4.18. The third-order valence-corrected chi connectivity index (χ3v) is 4.53. The molecule has 1 heterocycles. The Morgan fingerprint density at radius 2 is 2.00 bits per heavy atom. The van der Waals surface area contributed by atoms with Crippen LogP contribution in [0, 0.1) is 17.3 Å². The minimum absolute atomic E-state index is 0.00171. The number of imide groups is 1. The van der Waals surface area contributed by atoms with Crippen molar-refractivity contribution in [3.63, 3.8) is 0 Å². The molecule has 3 heteroatoms. The average molecular weight is 293 g/mol. The first kappa shape index (κ1) is 17.9. The van der Waals surface area contributed by atoms with Crippen LogP contribution in [0.25, 0.3) is 0 Å². The number of likely N-dealkylation sites (tertiary alicyclic amines) is 1. The van der Waals surface area contributed by atoms with Crippen molar-refractivity contribution < 1.29 is 9.59 Å². The summed E-state index contributed by atoms with van der Waals surface area (Å²) in [5.74, 6) is 0.445. The molecule has 0 aliphatic carbocycles. The van der Waals surface area contributed by atoms with Crippen LogP contribution in [-0.4, -0.2) is 23.3 Å². The van der Waals surface area contributed by atoms with Crippen LogP contribution >= 0.6 is 0 Å². The molecule has 0 aromatic carbocycles. The highest BCUT2D eigenvalue weighted by Crippen LogP contribution is 2.38. The molecule has 0 radical (unpaired) electrons. The van der Waals surface area contributed by atoms with Gasteiger partial charge < -0.3 is 0 Å². The first-order valence-electron chi connectivity index (χ1n) is 8.25. The Hall–Kier alpha value is -1.12. The van der Waals surface area contributed by atoms with E-state index in [9.17, 15) is 9.59 Å². The van der Waals surface area contributed by atoms with Gasteiger partial charge >= 0.3 is 0 Å². The van der Waals surface area contributed by atoms with Crippen LogP contribution in [0.4, 0.5) is 0 Å². The maximum absolute atomic E-state index is 12.4. The van der Waals surface area contributed by atoms with E-state index >= 15 is 0 Å². The van der Waals surface area contributed by atoms with Crippen molar-refractivity contribution >= 4 is 11.8 Å². The lowest BCUT2D eigenvalue weighted by molar-refractivity contribution is -0.139. The lowest BCUT2D eigenvalue weighted by atomic mass is 9.76. The van der Waals surface area contributed by atoms with E-state index in [2.05, 4.69) is 40.7 Å². The normalized spacial score (nSPS) is 22.1. The highest BCUT2D eigenvalue weighted by atomic mass is 16.2. The predicted molar refractivity (Wildman–Crippen MR) is 86.7 cm³/mol. The molecule has 1 aliphatic rings. The standard InChI is InChI=1S/C18H31NO2/c1-7-9-13(3)10-14(4)12-18(5,6)15-11-16(20)19(8-2)17(15)21/h12-13,15H,7-11H2,1-6H3/b14-12-/t13-,15-/m1/s1. The molecule has 0 bridgehead atoms. The van der Waals surface area contributed by atoms with E-state index in [1.54, 1.807) is 0 Å². The van der Waals surface area contributed by atoms with Gasteiger partial charge in [0, 0.05) is 13.0 Å². The van der Waals surface area contributed by atoms with E-state index in [-0.39, 0.29) is 23.1 Å². The van der Waals surface area contributed by atoms with E-state index in [0.29, 0.717) is 18.9 Å². The third kappa shape index (κ3) is 4.42. The summed E-state index contributed by atoms with van der Waals surface area (Å²) in [6.45, 7) is 13.1. The van der Waals surface area contributed by atoms with Crippen molar-refractivity contribution in [3.8, 4) is 0 Å². The number of hydrogen-bond donors (Lipinski definition) is 0. The Kier molecular flexibility index (Phi) is 6.18. The van der Waals surface area contributed by atoms with Gasteiger partial charge in [-0.05, 0) is 31.6 Å². The molecule has 0 unspecified atom stereocenters. The molecule has 1 aliphatic heterocycles. The number of allylic oxidation sites excluding steroid dienone is 2. The Bertz CT molecular complexity index is 423. The topological polar surface area (TPSA) is 37.4 Å². The lowest BCUT2D eigenvalue weighted by Gasteiger charge is -2.28. The summed E-state index contributed by atoms with van der Waals surface area (Å²) < 4.78 is 0. The highest BCUT2D eigenvalue weighted by Gasteiger charge is 2.45. The highest BCUT2D eigenvalue weighted by molar-refractivity contribution is 6.04. The van der Waals surface area contributed by atoms with Gasteiger partial charge in [-0.3, -0.25) is 14.5 Å². The van der Waals surface area contributed by atoms with Gasteiger partial charge in [-0.1, -0.05) is 52.2 Å². The first-order chi connectivity index (χ1) is 9.72. The van der Waals surface area contributed by atoms with Crippen molar-refractivity contribution in [1.29, 1.82) is 0 Å². The molecule has 0 N–H and O–H groups in total. The van der Waals surface area contributed by atoms with Crippen molar-refractivity contribution in [2.75, 3.05) is 6.54 Å². The molecule has 0 aromatic rings. The molecule has 1 rings (SSSR count). The van der Waals surface area contributed by atoms with Crippen LogP contribution in [0.15, 0.2) is 11.6 Å². The Balaban J connectivity index is 2.81. The van der Waals surface area contributed by atoms with Crippen LogP contribution in [0.3, 0.4) is 0 Å². The number of rotatable bonds is 7. The zero-order chi connectivity index (χ0) is 16.2. The first-order valence-corrected chi connectivity index (χ1v) is 8.25. The average Bonchev–Trinajstić information content (AvgIpc) is 2.64. The summed E-state index contributed by atoms with van der Waals surface area (Å²) in [6.07, 6.45) is 6.08. The van der Waals surface area contributed by atoms with Crippen LogP contribution in [0.1, 0.15) is 67.2 Å². The van der Waals surface area contributed by atoms with Gasteiger partial charge in [-0.25, -0.2) is 0 Å². The van der Waals surface area contributed by atoms with Crippen LogP contribution in [0.5, 0.6) is 0 Å². The van der Waals surface area contributed by atoms with Crippen molar-refractivity contribution in [2.45, 2.75) is 67.2 Å². The van der Waals surface area contributed by atoms with Crippen molar-refractivity contribution in [3.05, 3.63) is 11.6 Å². The quantitative estimate of drug-likeness (QED) is 0.521. The molecule has 2 atom stereocenters. The second-order valence-corrected chi connectivity index (χ2v) is 7.14. The van der Waals surface area contributed by atoms with Gasteiger partial charge in [0.05, 0.1) is 5.92 Å². The molecule has 0 saturated carbocycles. The smallest absolute Gasteiger partial charge is 0.233 e. The molecular formula is C18H31NO2. The Morgan fingerprint density at radius 3 is 2.48 bits per heavy atom.